The SMILES string of the molecule is CC[C@H](C(=O)Nc1ccc(Cl)cc1C)n1nc(C)c2c(C)n(-c3ccccc3)nc2c1=O. The lowest BCUT2D eigenvalue weighted by molar-refractivity contribution is -0.119. The Balaban J connectivity index is 1.78. The standard InChI is InChI=1S/C24H24ClN5O2/c1-5-20(23(31)26-19-12-11-17(25)13-14(19)2)30-24(32)22-21(15(3)27-30)16(4)29(28-22)18-9-7-6-8-10-18/h6-13,20H,5H2,1-4H3,(H,26,31)/t20-/m1/s1. The molecule has 32 heavy (non-hydrogen) atoms. The number of rotatable bonds is 5. The summed E-state index contributed by atoms with van der Waals surface area (Å²) in [6.07, 6.45) is 0.398. The number of benzene rings is 2. The molecular weight excluding hydrogens is 426 g/mol. The van der Waals surface area contributed by atoms with E-state index in [4.69, 9.17) is 11.6 Å². The summed E-state index contributed by atoms with van der Waals surface area (Å²) in [7, 11) is 0. The van der Waals surface area contributed by atoms with Crippen LogP contribution in [-0.4, -0.2) is 25.5 Å². The van der Waals surface area contributed by atoms with Crippen molar-refractivity contribution in [3.8, 4) is 5.69 Å². The second-order valence-corrected chi connectivity index (χ2v) is 8.20. The van der Waals surface area contributed by atoms with E-state index in [1.54, 1.807) is 22.9 Å². The third-order valence-electron chi connectivity index (χ3n) is 5.58. The van der Waals surface area contributed by atoms with E-state index in [1.165, 1.54) is 4.68 Å². The number of carbonyl (C=O) groups is 1. The minimum Gasteiger partial charge on any atom is -0.324 e. The summed E-state index contributed by atoms with van der Waals surface area (Å²) in [5.41, 5.74) is 3.72. The molecule has 1 atom stereocenters. The summed E-state index contributed by atoms with van der Waals surface area (Å²) >= 11 is 6.01. The lowest BCUT2D eigenvalue weighted by atomic mass is 10.1. The first-order valence-electron chi connectivity index (χ1n) is 10.4. The number of aryl methyl sites for hydroxylation is 3. The van der Waals surface area contributed by atoms with Gasteiger partial charge in [0.15, 0.2) is 5.52 Å². The smallest absolute Gasteiger partial charge is 0.295 e. The summed E-state index contributed by atoms with van der Waals surface area (Å²) < 4.78 is 2.99. The Bertz CT molecular complexity index is 1370. The topological polar surface area (TPSA) is 81.8 Å². The highest BCUT2D eigenvalue weighted by Gasteiger charge is 2.25. The zero-order valence-corrected chi connectivity index (χ0v) is 19.1. The van der Waals surface area contributed by atoms with Crippen LogP contribution < -0.4 is 10.9 Å². The lowest BCUT2D eigenvalue weighted by Crippen LogP contribution is -2.35. The van der Waals surface area contributed by atoms with E-state index in [1.807, 2.05) is 58.0 Å². The number of para-hydroxylation sites is 1. The van der Waals surface area contributed by atoms with E-state index >= 15 is 0 Å². The highest BCUT2D eigenvalue weighted by atomic mass is 35.5. The number of hydrogen-bond donors (Lipinski definition) is 1. The summed E-state index contributed by atoms with van der Waals surface area (Å²) in [6, 6.07) is 14.1. The Hall–Kier alpha value is -3.45. The summed E-state index contributed by atoms with van der Waals surface area (Å²) in [4.78, 5) is 26.5. The van der Waals surface area contributed by atoms with Gasteiger partial charge in [-0.2, -0.15) is 10.2 Å². The molecule has 7 nitrogen and oxygen atoms in total. The van der Waals surface area contributed by atoms with Gasteiger partial charge < -0.3 is 5.32 Å². The van der Waals surface area contributed by atoms with E-state index in [-0.39, 0.29) is 5.91 Å². The third kappa shape index (κ3) is 3.80. The predicted molar refractivity (Wildman–Crippen MR) is 127 cm³/mol. The Morgan fingerprint density at radius 2 is 1.81 bits per heavy atom. The Morgan fingerprint density at radius 1 is 1.09 bits per heavy atom. The van der Waals surface area contributed by atoms with Crippen molar-refractivity contribution in [3.63, 3.8) is 0 Å². The number of nitrogens with zero attached hydrogens (tertiary/aromatic N) is 4. The van der Waals surface area contributed by atoms with E-state index < -0.39 is 11.6 Å². The molecule has 0 aliphatic heterocycles. The van der Waals surface area contributed by atoms with Gasteiger partial charge in [0.1, 0.15) is 6.04 Å². The maximum atomic E-state index is 13.4. The number of fused-ring (bicyclic) bond motifs is 1. The van der Waals surface area contributed by atoms with Crippen molar-refractivity contribution < 1.29 is 4.79 Å². The fourth-order valence-electron chi connectivity index (χ4n) is 3.94. The molecule has 2 aromatic heterocycles. The van der Waals surface area contributed by atoms with Gasteiger partial charge in [0, 0.05) is 10.7 Å². The molecule has 0 bridgehead atoms. The highest BCUT2D eigenvalue weighted by Crippen LogP contribution is 2.24. The zero-order valence-electron chi connectivity index (χ0n) is 18.4. The first kappa shape index (κ1) is 21.8. The molecule has 0 fully saturated rings. The van der Waals surface area contributed by atoms with Crippen molar-refractivity contribution in [2.75, 3.05) is 5.32 Å². The normalized spacial score (nSPS) is 12.2. The molecule has 1 amide bonds. The lowest BCUT2D eigenvalue weighted by Gasteiger charge is -2.18. The molecule has 0 spiro atoms. The molecule has 164 valence electrons. The molecule has 0 radical (unpaired) electrons. The first-order valence-corrected chi connectivity index (χ1v) is 10.8. The predicted octanol–water partition coefficient (Wildman–Crippen LogP) is 4.75. The zero-order chi connectivity index (χ0) is 23.0. The van der Waals surface area contributed by atoms with Crippen LogP contribution in [0.4, 0.5) is 5.69 Å². The van der Waals surface area contributed by atoms with Crippen LogP contribution in [0.3, 0.4) is 0 Å². The molecule has 0 unspecified atom stereocenters. The van der Waals surface area contributed by atoms with Crippen LogP contribution in [-0.2, 0) is 4.79 Å². The molecule has 2 heterocycles. The number of hydrogen-bond acceptors (Lipinski definition) is 4. The van der Waals surface area contributed by atoms with E-state index in [0.717, 1.165) is 16.9 Å². The molecule has 4 aromatic rings. The third-order valence-corrected chi connectivity index (χ3v) is 5.81. The van der Waals surface area contributed by atoms with Crippen LogP contribution >= 0.6 is 11.6 Å². The molecule has 8 heteroatoms. The Morgan fingerprint density at radius 3 is 2.47 bits per heavy atom. The monoisotopic (exact) mass is 449 g/mol. The second kappa shape index (κ2) is 8.59. The van der Waals surface area contributed by atoms with Gasteiger partial charge in [0.2, 0.25) is 5.91 Å². The average Bonchev–Trinajstić information content (AvgIpc) is 3.13. The fraction of sp³-hybridized carbons (Fsp3) is 0.250. The molecular formula is C24H24ClN5O2. The molecule has 1 N–H and O–H groups in total. The van der Waals surface area contributed by atoms with Gasteiger partial charge >= 0.3 is 0 Å². The van der Waals surface area contributed by atoms with Crippen molar-refractivity contribution in [2.45, 2.75) is 40.2 Å². The maximum absolute atomic E-state index is 13.4. The van der Waals surface area contributed by atoms with Crippen molar-refractivity contribution in [1.29, 1.82) is 0 Å². The number of carbonyl (C=O) groups excluding carboxylic acids is 1. The largest absolute Gasteiger partial charge is 0.324 e. The van der Waals surface area contributed by atoms with Gasteiger partial charge in [-0.25, -0.2) is 9.36 Å². The van der Waals surface area contributed by atoms with Crippen LogP contribution in [0.1, 0.15) is 36.3 Å². The molecule has 0 saturated carbocycles. The number of anilines is 1. The van der Waals surface area contributed by atoms with Crippen LogP contribution in [0.25, 0.3) is 16.6 Å². The van der Waals surface area contributed by atoms with Crippen LogP contribution in [0, 0.1) is 20.8 Å². The van der Waals surface area contributed by atoms with Gasteiger partial charge in [-0.3, -0.25) is 9.59 Å². The van der Waals surface area contributed by atoms with Crippen molar-refractivity contribution in [1.82, 2.24) is 19.6 Å². The summed E-state index contributed by atoms with van der Waals surface area (Å²) in [6.45, 7) is 7.45. The van der Waals surface area contributed by atoms with Crippen molar-refractivity contribution in [3.05, 3.63) is 80.9 Å². The molecule has 2 aromatic carbocycles. The van der Waals surface area contributed by atoms with Crippen LogP contribution in [0.2, 0.25) is 5.02 Å². The minimum absolute atomic E-state index is 0.299. The molecule has 0 aliphatic carbocycles. The summed E-state index contributed by atoms with van der Waals surface area (Å²) in [5, 5.41) is 13.3. The first-order chi connectivity index (χ1) is 15.3. The van der Waals surface area contributed by atoms with E-state index in [0.29, 0.717) is 33.7 Å². The fourth-order valence-corrected chi connectivity index (χ4v) is 4.16. The van der Waals surface area contributed by atoms with Gasteiger partial charge in [0.05, 0.1) is 22.5 Å². The number of amides is 1. The Kier molecular flexibility index (Phi) is 5.84. The highest BCUT2D eigenvalue weighted by molar-refractivity contribution is 6.30. The van der Waals surface area contributed by atoms with Crippen molar-refractivity contribution >= 4 is 34.1 Å². The Labute approximate surface area is 190 Å². The minimum atomic E-state index is -0.775. The average molecular weight is 450 g/mol. The quantitative estimate of drug-likeness (QED) is 0.476. The maximum Gasteiger partial charge on any atom is 0.295 e. The van der Waals surface area contributed by atoms with Gasteiger partial charge in [-0.15, -0.1) is 0 Å². The molecule has 0 aliphatic rings. The van der Waals surface area contributed by atoms with Crippen LogP contribution in [0.5, 0.6) is 0 Å². The van der Waals surface area contributed by atoms with Crippen LogP contribution in [0.15, 0.2) is 53.3 Å². The number of halogens is 1. The second-order valence-electron chi connectivity index (χ2n) is 7.76. The van der Waals surface area contributed by atoms with E-state index in [9.17, 15) is 9.59 Å². The molecule has 4 rings (SSSR count). The molecule has 0 saturated heterocycles. The van der Waals surface area contributed by atoms with Gasteiger partial charge in [0.25, 0.3) is 5.56 Å². The van der Waals surface area contributed by atoms with Crippen molar-refractivity contribution in [2.24, 2.45) is 0 Å². The van der Waals surface area contributed by atoms with Gasteiger partial charge in [-0.1, -0.05) is 36.7 Å². The number of nitrogens with one attached hydrogen (secondary N) is 1. The van der Waals surface area contributed by atoms with E-state index in [2.05, 4.69) is 15.5 Å². The summed E-state index contributed by atoms with van der Waals surface area (Å²) in [5.74, 6) is -0.314. The number of aromatic nitrogens is 4. The van der Waals surface area contributed by atoms with Gasteiger partial charge in [-0.05, 0) is 63.1 Å².